The van der Waals surface area contributed by atoms with Gasteiger partial charge in [0.1, 0.15) is 17.2 Å². The van der Waals surface area contributed by atoms with Crippen molar-refractivity contribution in [3.8, 4) is 0 Å². The van der Waals surface area contributed by atoms with E-state index >= 15 is 0 Å². The first-order valence-electron chi connectivity index (χ1n) is 11.2. The van der Waals surface area contributed by atoms with Crippen molar-refractivity contribution in [1.29, 1.82) is 0 Å². The molecule has 3 atom stereocenters. The van der Waals surface area contributed by atoms with E-state index in [1.807, 2.05) is 30.3 Å². The quantitative estimate of drug-likeness (QED) is 0.690. The number of amides is 1. The van der Waals surface area contributed by atoms with Gasteiger partial charge in [-0.25, -0.2) is 13.6 Å². The lowest BCUT2D eigenvalue weighted by molar-refractivity contribution is -0.0389. The number of ether oxygens (including phenoxy) is 1. The van der Waals surface area contributed by atoms with Gasteiger partial charge in [0.2, 0.25) is 0 Å². The zero-order chi connectivity index (χ0) is 24.2. The first-order chi connectivity index (χ1) is 15.5. The van der Waals surface area contributed by atoms with E-state index in [1.165, 1.54) is 17.0 Å². The summed E-state index contributed by atoms with van der Waals surface area (Å²) in [4.78, 5) is 16.6. The predicted octanol–water partition coefficient (Wildman–Crippen LogP) is 3.32. The number of aliphatic hydroxyl groups excluding tert-OH is 1. The van der Waals surface area contributed by atoms with Gasteiger partial charge in [0.25, 0.3) is 0 Å². The van der Waals surface area contributed by atoms with Gasteiger partial charge in [-0.15, -0.1) is 0 Å². The normalized spacial score (nSPS) is 19.2. The van der Waals surface area contributed by atoms with Gasteiger partial charge in [0.15, 0.2) is 0 Å². The predicted molar refractivity (Wildman–Crippen MR) is 122 cm³/mol. The number of carbonyl (C=O) groups is 1. The molecule has 1 amide bonds. The fourth-order valence-corrected chi connectivity index (χ4v) is 4.10. The lowest BCUT2D eigenvalue weighted by atomic mass is 9.94. The third kappa shape index (κ3) is 7.22. The van der Waals surface area contributed by atoms with Crippen molar-refractivity contribution in [1.82, 2.24) is 9.80 Å². The topological polar surface area (TPSA) is 79.0 Å². The van der Waals surface area contributed by atoms with Crippen LogP contribution in [0.15, 0.2) is 48.5 Å². The largest absolute Gasteiger partial charge is 0.444 e. The second-order valence-corrected chi connectivity index (χ2v) is 9.60. The van der Waals surface area contributed by atoms with Crippen LogP contribution in [-0.4, -0.2) is 64.4 Å². The number of benzene rings is 2. The molecule has 1 aliphatic rings. The second kappa shape index (κ2) is 10.6. The minimum Gasteiger partial charge on any atom is -0.444 e. The van der Waals surface area contributed by atoms with E-state index in [-0.39, 0.29) is 6.42 Å². The Bertz CT molecular complexity index is 916. The van der Waals surface area contributed by atoms with Crippen LogP contribution in [0.4, 0.5) is 13.6 Å². The lowest BCUT2D eigenvalue weighted by Crippen LogP contribution is -2.63. The van der Waals surface area contributed by atoms with Crippen LogP contribution in [0.2, 0.25) is 0 Å². The molecule has 1 unspecified atom stereocenters. The molecule has 2 aromatic rings. The minimum atomic E-state index is -1.12. The van der Waals surface area contributed by atoms with Crippen LogP contribution in [0.5, 0.6) is 0 Å². The van der Waals surface area contributed by atoms with Gasteiger partial charge >= 0.3 is 6.09 Å². The Kier molecular flexibility index (Phi) is 8.05. The highest BCUT2D eigenvalue weighted by atomic mass is 19.1. The van der Waals surface area contributed by atoms with Gasteiger partial charge in [-0.1, -0.05) is 30.3 Å². The molecule has 0 radical (unpaired) electrons. The molecule has 0 saturated carbocycles. The van der Waals surface area contributed by atoms with E-state index in [1.54, 1.807) is 20.8 Å². The van der Waals surface area contributed by atoms with Crippen molar-refractivity contribution in [2.45, 2.75) is 57.5 Å². The molecule has 0 bridgehead atoms. The van der Waals surface area contributed by atoms with Gasteiger partial charge in [-0.3, -0.25) is 9.80 Å². The number of rotatable bonds is 6. The summed E-state index contributed by atoms with van der Waals surface area (Å²) in [6.45, 7) is 7.38. The van der Waals surface area contributed by atoms with Crippen LogP contribution in [0, 0.1) is 11.6 Å². The molecule has 3 rings (SSSR count). The van der Waals surface area contributed by atoms with Crippen LogP contribution in [-0.2, 0) is 17.7 Å². The molecule has 2 aromatic carbocycles. The van der Waals surface area contributed by atoms with Gasteiger partial charge in [0.05, 0.1) is 12.1 Å². The zero-order valence-electron chi connectivity index (χ0n) is 19.4. The summed E-state index contributed by atoms with van der Waals surface area (Å²) >= 11 is 0. The Balaban J connectivity index is 1.77. The Morgan fingerprint density at radius 2 is 1.76 bits per heavy atom. The first-order valence-corrected chi connectivity index (χ1v) is 11.2. The highest BCUT2D eigenvalue weighted by molar-refractivity contribution is 5.69. The number of hydrogen-bond donors (Lipinski definition) is 2. The summed E-state index contributed by atoms with van der Waals surface area (Å²) in [7, 11) is 0. The summed E-state index contributed by atoms with van der Waals surface area (Å²) in [5.74, 6) is -1.40. The maximum Gasteiger partial charge on any atom is 0.410 e. The molecule has 0 spiro atoms. The number of hydrogen-bond acceptors (Lipinski definition) is 5. The number of aliphatic hydroxyl groups is 1. The standard InChI is InChI=1S/C25H33F2N3O3/c1-25(2,3)33-24(32)30-10-9-29(15-17-7-5-4-6-8-17)16-22(30)23(31)21(28)13-18-11-19(26)14-20(27)12-18/h4-8,11-12,14,21-23,31H,9-10,13,15-16,28H2,1-3H3/t21?,22-,23+/m1/s1. The number of nitrogens with zero attached hydrogens (tertiary/aromatic N) is 2. The summed E-state index contributed by atoms with van der Waals surface area (Å²) in [6, 6.07) is 11.6. The summed E-state index contributed by atoms with van der Waals surface area (Å²) in [5, 5.41) is 11.2. The number of nitrogens with two attached hydrogens (primary N) is 1. The molecule has 33 heavy (non-hydrogen) atoms. The Labute approximate surface area is 193 Å². The smallest absolute Gasteiger partial charge is 0.410 e. The van der Waals surface area contributed by atoms with Crippen LogP contribution >= 0.6 is 0 Å². The zero-order valence-corrected chi connectivity index (χ0v) is 19.4. The third-order valence-electron chi connectivity index (χ3n) is 5.61. The van der Waals surface area contributed by atoms with Gasteiger partial charge in [-0.05, 0) is 50.5 Å². The van der Waals surface area contributed by atoms with Crippen LogP contribution in [0.25, 0.3) is 0 Å². The average molecular weight is 462 g/mol. The van der Waals surface area contributed by atoms with Crippen LogP contribution < -0.4 is 5.73 Å². The molecule has 1 fully saturated rings. The van der Waals surface area contributed by atoms with Crippen LogP contribution in [0.1, 0.15) is 31.9 Å². The Hall–Kier alpha value is -2.55. The highest BCUT2D eigenvalue weighted by Gasteiger charge is 2.39. The van der Waals surface area contributed by atoms with Crippen molar-refractivity contribution < 1.29 is 23.4 Å². The molecule has 8 heteroatoms. The van der Waals surface area contributed by atoms with Crippen molar-refractivity contribution >= 4 is 6.09 Å². The van der Waals surface area contributed by atoms with E-state index in [0.717, 1.165) is 11.6 Å². The molecule has 1 heterocycles. The lowest BCUT2D eigenvalue weighted by Gasteiger charge is -2.44. The van der Waals surface area contributed by atoms with E-state index in [2.05, 4.69) is 4.90 Å². The fraction of sp³-hybridized carbons (Fsp3) is 0.480. The Morgan fingerprint density at radius 1 is 1.12 bits per heavy atom. The highest BCUT2D eigenvalue weighted by Crippen LogP contribution is 2.22. The maximum absolute atomic E-state index is 13.6. The molecule has 1 aliphatic heterocycles. The monoisotopic (exact) mass is 461 g/mol. The summed E-state index contributed by atoms with van der Waals surface area (Å²) < 4.78 is 32.8. The molecule has 0 aromatic heterocycles. The van der Waals surface area contributed by atoms with E-state index < -0.39 is 41.5 Å². The minimum absolute atomic E-state index is 0.0627. The van der Waals surface area contributed by atoms with Gasteiger partial charge in [-0.2, -0.15) is 0 Å². The molecule has 0 aliphatic carbocycles. The van der Waals surface area contributed by atoms with E-state index in [4.69, 9.17) is 10.5 Å². The number of halogens is 2. The van der Waals surface area contributed by atoms with Crippen molar-refractivity contribution in [2.24, 2.45) is 5.73 Å². The molecular formula is C25H33F2N3O3. The third-order valence-corrected chi connectivity index (χ3v) is 5.61. The van der Waals surface area contributed by atoms with E-state index in [0.29, 0.717) is 31.7 Å². The molecule has 6 nitrogen and oxygen atoms in total. The molecule has 1 saturated heterocycles. The second-order valence-electron chi connectivity index (χ2n) is 9.60. The summed E-state index contributed by atoms with van der Waals surface area (Å²) in [6.07, 6.45) is -1.58. The number of piperazine rings is 1. The average Bonchev–Trinajstić information content (AvgIpc) is 2.72. The van der Waals surface area contributed by atoms with Crippen molar-refractivity contribution in [3.63, 3.8) is 0 Å². The summed E-state index contributed by atoms with van der Waals surface area (Å²) in [5.41, 5.74) is 7.06. The first kappa shape index (κ1) is 25.1. The molecular weight excluding hydrogens is 428 g/mol. The maximum atomic E-state index is 13.6. The molecule has 3 N–H and O–H groups in total. The van der Waals surface area contributed by atoms with Crippen LogP contribution in [0.3, 0.4) is 0 Å². The van der Waals surface area contributed by atoms with Crippen molar-refractivity contribution in [2.75, 3.05) is 19.6 Å². The Morgan fingerprint density at radius 3 is 2.36 bits per heavy atom. The van der Waals surface area contributed by atoms with E-state index in [9.17, 15) is 18.7 Å². The van der Waals surface area contributed by atoms with Crippen molar-refractivity contribution in [3.05, 3.63) is 71.3 Å². The van der Waals surface area contributed by atoms with Gasteiger partial charge < -0.3 is 15.6 Å². The fourth-order valence-electron chi connectivity index (χ4n) is 4.10. The molecule has 180 valence electrons. The van der Waals surface area contributed by atoms with Gasteiger partial charge in [0, 0.05) is 38.3 Å². The SMILES string of the molecule is CC(C)(C)OC(=O)N1CCN(Cc2ccccc2)C[C@@H]1[C@@H](O)C(N)Cc1cc(F)cc(F)c1. The number of carbonyl (C=O) groups excluding carboxylic acids is 1.